The van der Waals surface area contributed by atoms with Gasteiger partial charge in [-0.25, -0.2) is 8.78 Å². The molecule has 36 heavy (non-hydrogen) atoms. The van der Waals surface area contributed by atoms with Crippen LogP contribution in [0, 0.1) is 17.6 Å². The summed E-state index contributed by atoms with van der Waals surface area (Å²) < 4.78 is 101. The summed E-state index contributed by atoms with van der Waals surface area (Å²) in [5, 5.41) is 0. The molecule has 1 aliphatic rings. The van der Waals surface area contributed by atoms with Crippen molar-refractivity contribution in [2.45, 2.75) is 83.1 Å². The zero-order valence-corrected chi connectivity index (χ0v) is 20.2. The Morgan fingerprint density at radius 3 is 2.03 bits per heavy atom. The number of benzene rings is 2. The minimum absolute atomic E-state index is 0.143. The SMILES string of the molecule is CCCCC[C@H]1CC[C@H](c2ccc(C(F)(F)OCCc3cc(F)c(OC(F)(F)F)c(F)c3)cc2)CC1. The number of unbranched alkanes of at least 4 members (excludes halogenated alkanes) is 2. The summed E-state index contributed by atoms with van der Waals surface area (Å²) in [6.07, 6.45) is 0.144. The van der Waals surface area contributed by atoms with Crippen molar-refractivity contribution < 1.29 is 40.2 Å². The first-order chi connectivity index (χ1) is 17.0. The minimum atomic E-state index is -5.27. The van der Waals surface area contributed by atoms with Gasteiger partial charge in [-0.05, 0) is 67.2 Å². The fourth-order valence-electron chi connectivity index (χ4n) is 4.77. The molecule has 0 aliphatic heterocycles. The van der Waals surface area contributed by atoms with Crippen LogP contribution >= 0.6 is 0 Å². The number of hydrogen-bond donors (Lipinski definition) is 0. The number of halogens is 7. The molecule has 0 atom stereocenters. The number of ether oxygens (including phenoxy) is 2. The summed E-state index contributed by atoms with van der Waals surface area (Å²) in [6.45, 7) is 1.59. The van der Waals surface area contributed by atoms with Crippen LogP contribution < -0.4 is 4.74 Å². The van der Waals surface area contributed by atoms with E-state index in [9.17, 15) is 30.7 Å². The van der Waals surface area contributed by atoms with Crippen LogP contribution in [-0.2, 0) is 17.3 Å². The second kappa shape index (κ2) is 12.3. The molecular formula is C27H31F7O2. The van der Waals surface area contributed by atoms with Gasteiger partial charge >= 0.3 is 12.5 Å². The third kappa shape index (κ3) is 8.11. The first-order valence-corrected chi connectivity index (χ1v) is 12.3. The van der Waals surface area contributed by atoms with Crippen LogP contribution in [0.3, 0.4) is 0 Å². The topological polar surface area (TPSA) is 18.5 Å². The molecule has 3 rings (SSSR count). The standard InChI is InChI=1S/C27H31F7O2/c1-2-3-4-5-18-6-8-20(9-7-18)21-10-12-22(13-11-21)26(30,31)35-15-14-19-16-23(28)25(24(29)17-19)36-27(32,33)34/h10-13,16-18,20H,2-9,14-15H2,1H3/t18-,20-. The van der Waals surface area contributed by atoms with E-state index in [2.05, 4.69) is 16.4 Å². The van der Waals surface area contributed by atoms with Crippen molar-refractivity contribution in [1.29, 1.82) is 0 Å². The lowest BCUT2D eigenvalue weighted by Crippen LogP contribution is -2.20. The largest absolute Gasteiger partial charge is 0.573 e. The van der Waals surface area contributed by atoms with Gasteiger partial charge in [-0.1, -0.05) is 56.9 Å². The molecule has 2 nitrogen and oxygen atoms in total. The molecule has 1 saturated carbocycles. The van der Waals surface area contributed by atoms with Crippen LogP contribution in [0.1, 0.15) is 80.9 Å². The van der Waals surface area contributed by atoms with Gasteiger partial charge < -0.3 is 9.47 Å². The summed E-state index contributed by atoms with van der Waals surface area (Å²) in [5.41, 5.74) is 0.537. The lowest BCUT2D eigenvalue weighted by atomic mass is 9.77. The van der Waals surface area contributed by atoms with Gasteiger partial charge in [-0.2, -0.15) is 8.78 Å². The highest BCUT2D eigenvalue weighted by Crippen LogP contribution is 2.39. The van der Waals surface area contributed by atoms with Crippen molar-refractivity contribution in [1.82, 2.24) is 0 Å². The first kappa shape index (κ1) is 28.3. The number of rotatable bonds is 11. The van der Waals surface area contributed by atoms with Crippen molar-refractivity contribution in [3.63, 3.8) is 0 Å². The van der Waals surface area contributed by atoms with Crippen molar-refractivity contribution in [2.24, 2.45) is 5.92 Å². The molecule has 0 spiro atoms. The monoisotopic (exact) mass is 520 g/mol. The van der Waals surface area contributed by atoms with Crippen molar-refractivity contribution >= 4 is 0 Å². The van der Waals surface area contributed by atoms with E-state index in [1.54, 1.807) is 12.1 Å². The maximum atomic E-state index is 14.5. The molecule has 0 radical (unpaired) electrons. The Hall–Kier alpha value is -2.29. The quantitative estimate of drug-likeness (QED) is 0.217. The predicted molar refractivity (Wildman–Crippen MR) is 122 cm³/mol. The Morgan fingerprint density at radius 1 is 0.861 bits per heavy atom. The van der Waals surface area contributed by atoms with Gasteiger partial charge in [-0.15, -0.1) is 13.2 Å². The van der Waals surface area contributed by atoms with E-state index in [4.69, 9.17) is 0 Å². The van der Waals surface area contributed by atoms with Gasteiger partial charge in [-0.3, -0.25) is 0 Å². The van der Waals surface area contributed by atoms with E-state index in [1.807, 2.05) is 0 Å². The van der Waals surface area contributed by atoms with Crippen molar-refractivity contribution in [3.05, 3.63) is 64.7 Å². The van der Waals surface area contributed by atoms with Crippen LogP contribution in [0.4, 0.5) is 30.7 Å². The fourth-order valence-corrected chi connectivity index (χ4v) is 4.77. The molecule has 200 valence electrons. The molecule has 0 heterocycles. The second-order valence-electron chi connectivity index (χ2n) is 9.39. The summed E-state index contributed by atoms with van der Waals surface area (Å²) in [5.74, 6) is -3.66. The Bertz CT molecular complexity index is 942. The Balaban J connectivity index is 1.51. The summed E-state index contributed by atoms with van der Waals surface area (Å²) >= 11 is 0. The third-order valence-electron chi connectivity index (χ3n) is 6.73. The molecule has 9 heteroatoms. The highest BCUT2D eigenvalue weighted by Gasteiger charge is 2.35. The van der Waals surface area contributed by atoms with Gasteiger partial charge in [0.2, 0.25) is 5.75 Å². The predicted octanol–water partition coefficient (Wildman–Crippen LogP) is 9.03. The van der Waals surface area contributed by atoms with Crippen molar-refractivity contribution in [2.75, 3.05) is 6.61 Å². The Morgan fingerprint density at radius 2 is 1.47 bits per heavy atom. The highest BCUT2D eigenvalue weighted by atomic mass is 19.4. The summed E-state index contributed by atoms with van der Waals surface area (Å²) in [4.78, 5) is 0. The van der Waals surface area contributed by atoms with Crippen LogP contribution in [0.25, 0.3) is 0 Å². The normalized spacial score (nSPS) is 18.9. The van der Waals surface area contributed by atoms with Crippen LogP contribution in [0.15, 0.2) is 36.4 Å². The fraction of sp³-hybridized carbons (Fsp3) is 0.556. The highest BCUT2D eigenvalue weighted by molar-refractivity contribution is 5.32. The van der Waals surface area contributed by atoms with Gasteiger partial charge in [0.15, 0.2) is 11.6 Å². The Kier molecular flexibility index (Phi) is 9.66. The van der Waals surface area contributed by atoms with Crippen molar-refractivity contribution in [3.8, 4) is 5.75 Å². The molecule has 0 aromatic heterocycles. The van der Waals surface area contributed by atoms with E-state index in [0.29, 0.717) is 18.1 Å². The molecular weight excluding hydrogens is 489 g/mol. The average molecular weight is 521 g/mol. The molecule has 0 saturated heterocycles. The van der Waals surface area contributed by atoms with Crippen LogP contribution in [-0.4, -0.2) is 13.0 Å². The maximum absolute atomic E-state index is 14.5. The molecule has 0 bridgehead atoms. The number of alkyl halides is 5. The summed E-state index contributed by atoms with van der Waals surface area (Å²) in [7, 11) is 0. The number of hydrogen-bond acceptors (Lipinski definition) is 2. The van der Waals surface area contributed by atoms with E-state index in [-0.39, 0.29) is 17.5 Å². The first-order valence-electron chi connectivity index (χ1n) is 12.3. The van der Waals surface area contributed by atoms with Gasteiger partial charge in [0, 0.05) is 0 Å². The molecule has 1 aliphatic carbocycles. The second-order valence-corrected chi connectivity index (χ2v) is 9.39. The summed E-state index contributed by atoms with van der Waals surface area (Å²) in [6, 6.07) is 7.23. The molecule has 0 unspecified atom stereocenters. The lowest BCUT2D eigenvalue weighted by molar-refractivity contribution is -0.276. The third-order valence-corrected chi connectivity index (χ3v) is 6.73. The van der Waals surface area contributed by atoms with Gasteiger partial charge in [0.1, 0.15) is 0 Å². The van der Waals surface area contributed by atoms with E-state index in [0.717, 1.165) is 37.2 Å². The smallest absolute Gasteiger partial charge is 0.399 e. The molecule has 2 aromatic carbocycles. The zero-order chi connectivity index (χ0) is 26.3. The van der Waals surface area contributed by atoms with Gasteiger partial charge in [0.25, 0.3) is 0 Å². The molecule has 2 aromatic rings. The van der Waals surface area contributed by atoms with E-state index < -0.39 is 36.5 Å². The minimum Gasteiger partial charge on any atom is -0.399 e. The van der Waals surface area contributed by atoms with Gasteiger partial charge in [0.05, 0.1) is 12.2 Å². The van der Waals surface area contributed by atoms with Crippen LogP contribution in [0.5, 0.6) is 5.75 Å². The van der Waals surface area contributed by atoms with Crippen LogP contribution in [0.2, 0.25) is 0 Å². The van der Waals surface area contributed by atoms with E-state index >= 15 is 0 Å². The molecule has 0 N–H and O–H groups in total. The Labute approximate surface area is 206 Å². The molecule has 1 fully saturated rings. The molecule has 0 amide bonds. The average Bonchev–Trinajstić information content (AvgIpc) is 2.81. The maximum Gasteiger partial charge on any atom is 0.573 e. The van der Waals surface area contributed by atoms with E-state index in [1.165, 1.54) is 37.8 Å². The zero-order valence-electron chi connectivity index (χ0n) is 20.2. The lowest BCUT2D eigenvalue weighted by Gasteiger charge is -2.29.